The average molecular weight is 299 g/mol. The maximum atomic E-state index is 3.22. The van der Waals surface area contributed by atoms with Gasteiger partial charge in [0.05, 0.1) is 0 Å². The Bertz CT molecular complexity index is 490. The van der Waals surface area contributed by atoms with Crippen molar-refractivity contribution in [2.45, 2.75) is 64.8 Å². The molecule has 0 saturated carbocycles. The van der Waals surface area contributed by atoms with Crippen LogP contribution in [0.3, 0.4) is 0 Å². The van der Waals surface area contributed by atoms with Crippen LogP contribution in [0.4, 0.5) is 0 Å². The molecule has 2 aromatic rings. The lowest BCUT2D eigenvalue weighted by molar-refractivity contribution is -0.730. The van der Waals surface area contributed by atoms with E-state index in [0.29, 0.717) is 6.04 Å². The number of rotatable bonds is 10. The number of hydrogen-bond acceptors (Lipinski definition) is 0. The molecule has 0 spiro atoms. The highest BCUT2D eigenvalue weighted by Crippen LogP contribution is 2.27. The largest absolute Gasteiger partial charge is 0.250 e. The first-order chi connectivity index (χ1) is 10.8. The number of nitrogens with one attached hydrogen (secondary N) is 1. The maximum Gasteiger partial charge on any atom is 0.241 e. The summed E-state index contributed by atoms with van der Waals surface area (Å²) in [5, 5.41) is 0. The molecule has 2 nitrogen and oxygen atoms in total. The molecule has 2 rings (SSSR count). The minimum atomic E-state index is 0.609. The highest BCUT2D eigenvalue weighted by atomic mass is 15.1. The van der Waals surface area contributed by atoms with Gasteiger partial charge in [-0.1, -0.05) is 63.4 Å². The molecular weight excluding hydrogens is 268 g/mol. The topological polar surface area (TPSA) is 19.7 Å². The Morgan fingerprint density at radius 1 is 1.00 bits per heavy atom. The van der Waals surface area contributed by atoms with Gasteiger partial charge in [0, 0.05) is 5.92 Å². The number of aromatic amines is 1. The van der Waals surface area contributed by atoms with E-state index < -0.39 is 0 Å². The number of unbranched alkanes of at least 4 members (excludes halogenated alkanes) is 2. The molecule has 0 saturated heterocycles. The monoisotopic (exact) mass is 299 g/mol. The summed E-state index contributed by atoms with van der Waals surface area (Å²) in [4.78, 5) is 3.22. The van der Waals surface area contributed by atoms with Gasteiger partial charge in [-0.15, -0.1) is 0 Å². The fourth-order valence-corrected chi connectivity index (χ4v) is 3.36. The summed E-state index contributed by atoms with van der Waals surface area (Å²) in [5.41, 5.74) is 1.47. The number of nitrogens with zero attached hydrogens (tertiary/aromatic N) is 1. The van der Waals surface area contributed by atoms with Crippen LogP contribution in [0.15, 0.2) is 49.1 Å². The van der Waals surface area contributed by atoms with Crippen molar-refractivity contribution >= 4 is 0 Å². The van der Waals surface area contributed by atoms with Crippen molar-refractivity contribution in [1.82, 2.24) is 4.98 Å². The van der Waals surface area contributed by atoms with Crippen LogP contribution in [0.2, 0.25) is 0 Å². The van der Waals surface area contributed by atoms with Crippen LogP contribution in [-0.4, -0.2) is 4.98 Å². The first-order valence-electron chi connectivity index (χ1n) is 8.92. The van der Waals surface area contributed by atoms with E-state index in [0.717, 1.165) is 5.92 Å². The average Bonchev–Trinajstić information content (AvgIpc) is 3.08. The van der Waals surface area contributed by atoms with E-state index in [9.17, 15) is 0 Å². The molecular formula is C20H31N2+. The second-order valence-corrected chi connectivity index (χ2v) is 6.36. The van der Waals surface area contributed by atoms with Gasteiger partial charge in [0.15, 0.2) is 0 Å². The van der Waals surface area contributed by atoms with Gasteiger partial charge in [-0.05, 0) is 31.2 Å². The SMILES string of the molecule is CCCCC(Cc1ccccc1)C(CCCC)[n+]1cc[nH]c1. The molecule has 0 aliphatic rings. The molecule has 0 fully saturated rings. The zero-order valence-electron chi connectivity index (χ0n) is 14.2. The van der Waals surface area contributed by atoms with Crippen LogP contribution in [0.25, 0.3) is 0 Å². The minimum absolute atomic E-state index is 0.609. The third-order valence-electron chi connectivity index (χ3n) is 4.62. The summed E-state index contributed by atoms with van der Waals surface area (Å²) in [6.45, 7) is 4.58. The molecule has 1 N–H and O–H groups in total. The Kier molecular flexibility index (Phi) is 7.21. The van der Waals surface area contributed by atoms with Gasteiger partial charge < -0.3 is 0 Å². The predicted molar refractivity (Wildman–Crippen MR) is 92.7 cm³/mol. The molecule has 0 aliphatic carbocycles. The second kappa shape index (κ2) is 9.45. The van der Waals surface area contributed by atoms with Gasteiger partial charge in [-0.25, -0.2) is 4.57 Å². The lowest BCUT2D eigenvalue weighted by Crippen LogP contribution is -2.42. The summed E-state index contributed by atoms with van der Waals surface area (Å²) in [6, 6.07) is 11.6. The van der Waals surface area contributed by atoms with Crippen molar-refractivity contribution in [2.75, 3.05) is 0 Å². The van der Waals surface area contributed by atoms with Crippen molar-refractivity contribution in [3.05, 3.63) is 54.6 Å². The molecule has 2 unspecified atom stereocenters. The first kappa shape index (κ1) is 16.8. The van der Waals surface area contributed by atoms with Gasteiger partial charge in [0.25, 0.3) is 0 Å². The molecule has 1 heterocycles. The van der Waals surface area contributed by atoms with Crippen LogP contribution in [-0.2, 0) is 6.42 Å². The Hall–Kier alpha value is -1.57. The molecule has 0 amide bonds. The smallest absolute Gasteiger partial charge is 0.241 e. The van der Waals surface area contributed by atoms with Crippen LogP contribution >= 0.6 is 0 Å². The van der Waals surface area contributed by atoms with Crippen LogP contribution in [0, 0.1) is 5.92 Å². The summed E-state index contributed by atoms with van der Waals surface area (Å²) in [7, 11) is 0. The molecule has 22 heavy (non-hydrogen) atoms. The van der Waals surface area contributed by atoms with E-state index in [-0.39, 0.29) is 0 Å². The number of H-pyrrole nitrogens is 1. The molecule has 0 radical (unpaired) electrons. The molecule has 1 aromatic heterocycles. The Labute approximate surface area is 135 Å². The summed E-state index contributed by atoms with van der Waals surface area (Å²) >= 11 is 0. The molecule has 120 valence electrons. The third-order valence-corrected chi connectivity index (χ3v) is 4.62. The molecule has 0 aliphatic heterocycles. The summed E-state index contributed by atoms with van der Waals surface area (Å²) in [5.74, 6) is 0.717. The number of imidazole rings is 1. The van der Waals surface area contributed by atoms with Crippen LogP contribution in [0.1, 0.15) is 64.0 Å². The van der Waals surface area contributed by atoms with Crippen molar-refractivity contribution in [1.29, 1.82) is 0 Å². The van der Waals surface area contributed by atoms with E-state index in [1.54, 1.807) is 0 Å². The first-order valence-corrected chi connectivity index (χ1v) is 8.92. The highest BCUT2D eigenvalue weighted by molar-refractivity contribution is 5.15. The van der Waals surface area contributed by atoms with Crippen molar-refractivity contribution in [3.8, 4) is 0 Å². The van der Waals surface area contributed by atoms with Gasteiger partial charge in [-0.3, -0.25) is 4.98 Å². The Morgan fingerprint density at radius 2 is 1.73 bits per heavy atom. The molecule has 0 bridgehead atoms. The maximum absolute atomic E-state index is 3.22. The number of aromatic nitrogens is 2. The lowest BCUT2D eigenvalue weighted by atomic mass is 9.85. The Morgan fingerprint density at radius 3 is 2.36 bits per heavy atom. The standard InChI is InChI=1S/C20H30N2/c1-3-5-12-19(16-18-10-8-7-9-11-18)20(13-6-4-2)22-15-14-21-17-22/h7-11,14-15,17,19-20H,3-6,12-13,16H2,1-2H3/p+1. The van der Waals surface area contributed by atoms with E-state index in [1.165, 1.54) is 50.5 Å². The predicted octanol–water partition coefficient (Wildman–Crippen LogP) is 5.08. The van der Waals surface area contributed by atoms with Gasteiger partial charge in [0.2, 0.25) is 6.33 Å². The summed E-state index contributed by atoms with van der Waals surface area (Å²) < 4.78 is 2.40. The normalized spacial score (nSPS) is 13.9. The highest BCUT2D eigenvalue weighted by Gasteiger charge is 2.26. The lowest BCUT2D eigenvalue weighted by Gasteiger charge is -2.25. The van der Waals surface area contributed by atoms with Crippen molar-refractivity contribution in [2.24, 2.45) is 5.92 Å². The number of benzene rings is 1. The van der Waals surface area contributed by atoms with E-state index in [1.807, 2.05) is 6.20 Å². The molecule has 2 heteroatoms. The zero-order valence-corrected chi connectivity index (χ0v) is 14.2. The van der Waals surface area contributed by atoms with Gasteiger partial charge >= 0.3 is 0 Å². The van der Waals surface area contributed by atoms with Gasteiger partial charge in [-0.2, -0.15) is 0 Å². The fraction of sp³-hybridized carbons (Fsp3) is 0.550. The number of hydrogen-bond donors (Lipinski definition) is 1. The summed E-state index contributed by atoms with van der Waals surface area (Å²) in [6.07, 6.45) is 15.3. The van der Waals surface area contributed by atoms with E-state index in [2.05, 4.69) is 66.3 Å². The van der Waals surface area contributed by atoms with E-state index >= 15 is 0 Å². The van der Waals surface area contributed by atoms with Crippen LogP contribution in [0.5, 0.6) is 0 Å². The zero-order chi connectivity index (χ0) is 15.6. The molecule has 2 atom stereocenters. The Balaban J connectivity index is 2.15. The van der Waals surface area contributed by atoms with Crippen molar-refractivity contribution < 1.29 is 4.57 Å². The quantitative estimate of drug-likeness (QED) is 0.590. The van der Waals surface area contributed by atoms with E-state index in [4.69, 9.17) is 0 Å². The molecule has 1 aromatic carbocycles. The minimum Gasteiger partial charge on any atom is -0.250 e. The fourth-order valence-electron chi connectivity index (χ4n) is 3.36. The van der Waals surface area contributed by atoms with Crippen molar-refractivity contribution in [3.63, 3.8) is 0 Å². The second-order valence-electron chi connectivity index (χ2n) is 6.36. The van der Waals surface area contributed by atoms with Crippen LogP contribution < -0.4 is 4.57 Å². The third kappa shape index (κ3) is 5.01. The van der Waals surface area contributed by atoms with Gasteiger partial charge in [0.1, 0.15) is 18.4 Å².